The topological polar surface area (TPSA) is 55.2 Å². The van der Waals surface area contributed by atoms with Crippen LogP contribution in [0.3, 0.4) is 0 Å². The molecule has 1 aliphatic carbocycles. The van der Waals surface area contributed by atoms with Gasteiger partial charge in [-0.1, -0.05) is 0 Å². The van der Waals surface area contributed by atoms with Crippen molar-refractivity contribution in [1.82, 2.24) is 9.55 Å². The van der Waals surface area contributed by atoms with Crippen LogP contribution in [-0.2, 0) is 4.79 Å². The Morgan fingerprint density at radius 1 is 1.32 bits per heavy atom. The second kappa shape index (κ2) is 4.79. The maximum absolute atomic E-state index is 12.5. The number of Topliss-reactive ketones (excluding diaryl/α,β-unsaturated/α-hetero) is 1. The molecule has 2 fully saturated rings. The minimum Gasteiger partial charge on any atom is -0.342 e. The fourth-order valence-corrected chi connectivity index (χ4v) is 2.86. The maximum Gasteiger partial charge on any atom is 0.293 e. The van der Waals surface area contributed by atoms with E-state index in [1.807, 2.05) is 4.90 Å². The van der Waals surface area contributed by atoms with E-state index >= 15 is 0 Å². The molecule has 5 heteroatoms. The average molecular weight is 261 g/mol. The van der Waals surface area contributed by atoms with Crippen LogP contribution < -0.4 is 10.5 Å². The summed E-state index contributed by atoms with van der Waals surface area (Å²) in [5.41, 5.74) is -0.0434. The molecule has 0 N–H and O–H groups in total. The van der Waals surface area contributed by atoms with E-state index in [1.54, 1.807) is 23.9 Å². The predicted octanol–water partition coefficient (Wildman–Crippen LogP) is 1.53. The van der Waals surface area contributed by atoms with Crippen molar-refractivity contribution in [2.24, 2.45) is 0 Å². The van der Waals surface area contributed by atoms with Crippen LogP contribution in [0.4, 0.5) is 5.82 Å². The molecule has 0 bridgehead atoms. The number of hydrogen-bond acceptors (Lipinski definition) is 4. The number of rotatable bonds is 3. The largest absolute Gasteiger partial charge is 0.342 e. The van der Waals surface area contributed by atoms with Gasteiger partial charge in [0.25, 0.3) is 5.56 Å². The molecule has 1 aliphatic heterocycles. The molecule has 19 heavy (non-hydrogen) atoms. The normalized spacial score (nSPS) is 23.4. The monoisotopic (exact) mass is 261 g/mol. The molecule has 102 valence electrons. The standard InChI is InChI=1S/C14H19N3O2/c1-10(18)12-4-2-3-8-17(12)13-14(19)16(9-7-15-13)11-5-6-11/h7,9,11-12H,2-6,8H2,1H3. The van der Waals surface area contributed by atoms with Crippen LogP contribution in [0.2, 0.25) is 0 Å². The van der Waals surface area contributed by atoms with Gasteiger partial charge in [-0.25, -0.2) is 4.98 Å². The molecule has 1 aromatic rings. The van der Waals surface area contributed by atoms with Gasteiger partial charge in [0.15, 0.2) is 11.6 Å². The van der Waals surface area contributed by atoms with Crippen LogP contribution in [0.1, 0.15) is 45.1 Å². The molecule has 5 nitrogen and oxygen atoms in total. The quantitative estimate of drug-likeness (QED) is 0.828. The van der Waals surface area contributed by atoms with Crippen LogP contribution in [0.15, 0.2) is 17.2 Å². The van der Waals surface area contributed by atoms with Gasteiger partial charge in [-0.3, -0.25) is 9.59 Å². The molecular formula is C14H19N3O2. The van der Waals surface area contributed by atoms with E-state index in [-0.39, 0.29) is 17.4 Å². The number of ketones is 1. The van der Waals surface area contributed by atoms with Gasteiger partial charge in [-0.05, 0) is 39.0 Å². The minimum absolute atomic E-state index is 0.0434. The lowest BCUT2D eigenvalue weighted by molar-refractivity contribution is -0.118. The summed E-state index contributed by atoms with van der Waals surface area (Å²) in [6.45, 7) is 2.35. The summed E-state index contributed by atoms with van der Waals surface area (Å²) in [6, 6.07) is 0.166. The summed E-state index contributed by atoms with van der Waals surface area (Å²) >= 11 is 0. The molecule has 1 atom stereocenters. The SMILES string of the molecule is CC(=O)C1CCCCN1c1nccn(C2CC2)c1=O. The lowest BCUT2D eigenvalue weighted by atomic mass is 9.99. The number of anilines is 1. The lowest BCUT2D eigenvalue weighted by Crippen LogP contribution is -2.47. The van der Waals surface area contributed by atoms with Crippen LogP contribution in [0.25, 0.3) is 0 Å². The van der Waals surface area contributed by atoms with Gasteiger partial charge in [0.05, 0.1) is 6.04 Å². The van der Waals surface area contributed by atoms with Crippen molar-refractivity contribution in [3.63, 3.8) is 0 Å². The van der Waals surface area contributed by atoms with E-state index in [0.29, 0.717) is 11.9 Å². The van der Waals surface area contributed by atoms with E-state index < -0.39 is 0 Å². The number of carbonyl (C=O) groups is 1. The van der Waals surface area contributed by atoms with Gasteiger partial charge >= 0.3 is 0 Å². The number of carbonyl (C=O) groups excluding carboxylic acids is 1. The highest BCUT2D eigenvalue weighted by atomic mass is 16.1. The van der Waals surface area contributed by atoms with Crippen molar-refractivity contribution in [2.75, 3.05) is 11.4 Å². The molecule has 1 saturated carbocycles. The molecule has 0 spiro atoms. The Morgan fingerprint density at radius 3 is 2.79 bits per heavy atom. The summed E-state index contributed by atoms with van der Waals surface area (Å²) < 4.78 is 1.77. The van der Waals surface area contributed by atoms with Crippen molar-refractivity contribution in [3.8, 4) is 0 Å². The predicted molar refractivity (Wildman–Crippen MR) is 72.4 cm³/mol. The van der Waals surface area contributed by atoms with E-state index in [9.17, 15) is 9.59 Å². The van der Waals surface area contributed by atoms with E-state index in [0.717, 1.165) is 38.6 Å². The van der Waals surface area contributed by atoms with E-state index in [2.05, 4.69) is 4.98 Å². The summed E-state index contributed by atoms with van der Waals surface area (Å²) in [5.74, 6) is 0.581. The molecule has 0 radical (unpaired) electrons. The number of hydrogen-bond donors (Lipinski definition) is 0. The van der Waals surface area contributed by atoms with Gasteiger partial charge in [-0.15, -0.1) is 0 Å². The Balaban J connectivity index is 1.98. The van der Waals surface area contributed by atoms with Crippen LogP contribution in [-0.4, -0.2) is 27.9 Å². The highest BCUT2D eigenvalue weighted by Gasteiger charge is 2.31. The summed E-state index contributed by atoms with van der Waals surface area (Å²) in [7, 11) is 0. The zero-order valence-corrected chi connectivity index (χ0v) is 11.2. The average Bonchev–Trinajstić information content (AvgIpc) is 3.23. The highest BCUT2D eigenvalue weighted by Crippen LogP contribution is 2.33. The van der Waals surface area contributed by atoms with Crippen molar-refractivity contribution in [1.29, 1.82) is 0 Å². The number of nitrogens with zero attached hydrogens (tertiary/aromatic N) is 3. The van der Waals surface area contributed by atoms with Gasteiger partial charge in [0.2, 0.25) is 0 Å². The Hall–Kier alpha value is -1.65. The zero-order valence-electron chi connectivity index (χ0n) is 11.2. The molecule has 1 saturated heterocycles. The van der Waals surface area contributed by atoms with Crippen molar-refractivity contribution >= 4 is 11.6 Å². The summed E-state index contributed by atoms with van der Waals surface area (Å²) in [6.07, 6.45) is 8.47. The fraction of sp³-hybridized carbons (Fsp3) is 0.643. The van der Waals surface area contributed by atoms with Crippen molar-refractivity contribution in [2.45, 2.75) is 51.1 Å². The molecular weight excluding hydrogens is 242 g/mol. The molecule has 1 unspecified atom stereocenters. The Morgan fingerprint density at radius 2 is 2.11 bits per heavy atom. The van der Waals surface area contributed by atoms with Crippen LogP contribution in [0, 0.1) is 0 Å². The summed E-state index contributed by atoms with van der Waals surface area (Å²) in [4.78, 5) is 30.4. The second-order valence-corrected chi connectivity index (χ2v) is 5.51. The van der Waals surface area contributed by atoms with E-state index in [4.69, 9.17) is 0 Å². The smallest absolute Gasteiger partial charge is 0.293 e. The maximum atomic E-state index is 12.5. The lowest BCUT2D eigenvalue weighted by Gasteiger charge is -2.34. The van der Waals surface area contributed by atoms with E-state index in [1.165, 1.54) is 0 Å². The van der Waals surface area contributed by atoms with Crippen LogP contribution >= 0.6 is 0 Å². The number of piperidine rings is 1. The Labute approximate surface area is 112 Å². The first-order valence-electron chi connectivity index (χ1n) is 7.02. The fourth-order valence-electron chi connectivity index (χ4n) is 2.86. The first-order chi connectivity index (χ1) is 9.18. The third kappa shape index (κ3) is 2.29. The molecule has 2 heterocycles. The van der Waals surface area contributed by atoms with Crippen LogP contribution in [0.5, 0.6) is 0 Å². The van der Waals surface area contributed by atoms with Gasteiger partial charge in [-0.2, -0.15) is 0 Å². The first kappa shape index (κ1) is 12.4. The second-order valence-electron chi connectivity index (χ2n) is 5.51. The third-order valence-electron chi connectivity index (χ3n) is 4.03. The van der Waals surface area contributed by atoms with Gasteiger partial charge in [0.1, 0.15) is 0 Å². The van der Waals surface area contributed by atoms with Crippen molar-refractivity contribution in [3.05, 3.63) is 22.7 Å². The Kier molecular flexibility index (Phi) is 3.12. The van der Waals surface area contributed by atoms with Gasteiger partial charge in [0, 0.05) is 25.0 Å². The Bertz CT molecular complexity index is 548. The molecule has 1 aromatic heterocycles. The summed E-state index contributed by atoms with van der Waals surface area (Å²) in [5, 5.41) is 0. The third-order valence-corrected chi connectivity index (χ3v) is 4.03. The minimum atomic E-state index is -0.177. The molecule has 0 aromatic carbocycles. The van der Waals surface area contributed by atoms with Crippen molar-refractivity contribution < 1.29 is 4.79 Å². The molecule has 0 amide bonds. The van der Waals surface area contributed by atoms with Gasteiger partial charge < -0.3 is 9.47 Å². The molecule has 3 rings (SSSR count). The molecule has 2 aliphatic rings. The first-order valence-corrected chi connectivity index (χ1v) is 7.02. The number of aromatic nitrogens is 2. The zero-order chi connectivity index (χ0) is 13.4. The highest BCUT2D eigenvalue weighted by molar-refractivity contribution is 5.84.